The van der Waals surface area contributed by atoms with E-state index in [0.29, 0.717) is 17.2 Å². The molecule has 196 valence electrons. The first-order valence-corrected chi connectivity index (χ1v) is 13.6. The largest absolute Gasteiger partial charge is 0.493 e. The van der Waals surface area contributed by atoms with Crippen molar-refractivity contribution in [2.45, 2.75) is 44.0 Å². The minimum Gasteiger partial charge on any atom is -0.493 e. The van der Waals surface area contributed by atoms with E-state index in [4.69, 9.17) is 19.4 Å². The van der Waals surface area contributed by atoms with Crippen molar-refractivity contribution in [1.82, 2.24) is 15.3 Å². The van der Waals surface area contributed by atoms with Gasteiger partial charge < -0.3 is 19.7 Å². The van der Waals surface area contributed by atoms with Gasteiger partial charge in [0.05, 0.1) is 14.2 Å². The van der Waals surface area contributed by atoms with Gasteiger partial charge in [0, 0.05) is 42.7 Å². The molecule has 0 bridgehead atoms. The zero-order valence-corrected chi connectivity index (χ0v) is 23.2. The van der Waals surface area contributed by atoms with Crippen LogP contribution in [-0.2, 0) is 12.2 Å². The van der Waals surface area contributed by atoms with Crippen LogP contribution in [0.5, 0.6) is 11.5 Å². The lowest BCUT2D eigenvalue weighted by Crippen LogP contribution is -2.25. The molecule has 0 saturated heterocycles. The predicted molar refractivity (Wildman–Crippen MR) is 149 cm³/mol. The van der Waals surface area contributed by atoms with Crippen molar-refractivity contribution in [2.75, 3.05) is 39.3 Å². The molecule has 7 nitrogen and oxygen atoms in total. The second-order valence-electron chi connectivity index (χ2n) is 9.54. The van der Waals surface area contributed by atoms with Crippen molar-refractivity contribution in [1.29, 1.82) is 0 Å². The van der Waals surface area contributed by atoms with Gasteiger partial charge in [-0.2, -0.15) is 0 Å². The van der Waals surface area contributed by atoms with E-state index in [1.807, 2.05) is 43.3 Å². The zero-order chi connectivity index (χ0) is 26.4. The Bertz CT molecular complexity index is 1250. The Balaban J connectivity index is 1.39. The molecule has 3 aromatic rings. The van der Waals surface area contributed by atoms with Crippen LogP contribution in [0, 0.1) is 19.8 Å². The predicted octanol–water partition coefficient (Wildman–Crippen LogP) is 5.22. The minimum atomic E-state index is -0.000397. The summed E-state index contributed by atoms with van der Waals surface area (Å²) in [6.45, 7) is 5.67. The fraction of sp³-hybridized carbons (Fsp3) is 0.414. The van der Waals surface area contributed by atoms with Crippen LogP contribution in [0.2, 0.25) is 0 Å². The molecule has 8 heteroatoms. The Kier molecular flexibility index (Phi) is 8.92. The van der Waals surface area contributed by atoms with Crippen LogP contribution in [0.4, 0.5) is 5.82 Å². The molecule has 1 aliphatic rings. The molecule has 0 spiro atoms. The zero-order valence-electron chi connectivity index (χ0n) is 22.3. The van der Waals surface area contributed by atoms with Crippen molar-refractivity contribution in [3.05, 3.63) is 70.4 Å². The van der Waals surface area contributed by atoms with Gasteiger partial charge in [-0.15, -0.1) is 0 Å². The lowest BCUT2D eigenvalue weighted by atomic mass is 10.1. The van der Waals surface area contributed by atoms with E-state index < -0.39 is 0 Å². The number of ether oxygens (including phenoxy) is 2. The summed E-state index contributed by atoms with van der Waals surface area (Å²) in [6.07, 6.45) is 3.29. The summed E-state index contributed by atoms with van der Waals surface area (Å²) in [5.74, 6) is 3.76. The van der Waals surface area contributed by atoms with Crippen LogP contribution in [0.15, 0.2) is 47.6 Å². The maximum atomic E-state index is 12.5. The summed E-state index contributed by atoms with van der Waals surface area (Å²) in [4.78, 5) is 24.3. The van der Waals surface area contributed by atoms with Gasteiger partial charge in [0.15, 0.2) is 16.7 Å². The summed E-state index contributed by atoms with van der Waals surface area (Å²) in [5, 5.41) is 3.78. The van der Waals surface area contributed by atoms with Crippen LogP contribution in [0.3, 0.4) is 0 Å². The molecule has 1 amide bonds. The highest BCUT2D eigenvalue weighted by Gasteiger charge is 2.22. The van der Waals surface area contributed by atoms with Crippen molar-refractivity contribution in [3.8, 4) is 11.5 Å². The SMILES string of the molecule is COc1ccc(CCN(C)c2nc(SCc3cccc(C(=O)NCC4CC4)c3)nc(C)c2C)cc1OC. The Morgan fingerprint density at radius 1 is 1.05 bits per heavy atom. The number of aromatic nitrogens is 2. The minimum absolute atomic E-state index is 0.000397. The van der Waals surface area contributed by atoms with E-state index in [2.05, 4.69) is 30.3 Å². The van der Waals surface area contributed by atoms with Crippen LogP contribution < -0.4 is 19.7 Å². The number of methoxy groups -OCH3 is 2. The molecule has 1 fully saturated rings. The standard InChI is InChI=1S/C29H36N4O3S/c1-19-20(2)31-29(37-18-23-7-6-8-24(15-23)28(34)30-17-22-9-10-22)32-27(19)33(3)14-13-21-11-12-25(35-4)26(16-21)36-5/h6-8,11-12,15-16,22H,9-10,13-14,17-18H2,1-5H3,(H,30,34). The Morgan fingerprint density at radius 3 is 2.57 bits per heavy atom. The Labute approximate surface area is 224 Å². The van der Waals surface area contributed by atoms with E-state index in [1.165, 1.54) is 18.4 Å². The Morgan fingerprint density at radius 2 is 1.84 bits per heavy atom. The molecule has 1 saturated carbocycles. The van der Waals surface area contributed by atoms with Crippen LogP contribution >= 0.6 is 11.8 Å². The molecule has 4 rings (SSSR count). The molecule has 1 N–H and O–H groups in total. The van der Waals surface area contributed by atoms with Gasteiger partial charge in [0.1, 0.15) is 5.82 Å². The van der Waals surface area contributed by atoms with E-state index in [1.54, 1.807) is 26.0 Å². The number of thioether (sulfide) groups is 1. The van der Waals surface area contributed by atoms with E-state index in [-0.39, 0.29) is 5.91 Å². The Hall–Kier alpha value is -3.26. The highest BCUT2D eigenvalue weighted by molar-refractivity contribution is 7.98. The van der Waals surface area contributed by atoms with Gasteiger partial charge >= 0.3 is 0 Å². The summed E-state index contributed by atoms with van der Waals surface area (Å²) in [6, 6.07) is 13.8. The van der Waals surface area contributed by atoms with Gasteiger partial charge in [-0.1, -0.05) is 30.0 Å². The number of carbonyl (C=O) groups excluding carboxylic acids is 1. The summed E-state index contributed by atoms with van der Waals surface area (Å²) in [7, 11) is 5.36. The molecule has 37 heavy (non-hydrogen) atoms. The number of hydrogen-bond acceptors (Lipinski definition) is 7. The molecule has 0 radical (unpaired) electrons. The third kappa shape index (κ3) is 7.16. The number of rotatable bonds is 12. The summed E-state index contributed by atoms with van der Waals surface area (Å²) < 4.78 is 10.8. The lowest BCUT2D eigenvalue weighted by molar-refractivity contribution is 0.0951. The average Bonchev–Trinajstić information content (AvgIpc) is 3.75. The molecule has 0 atom stereocenters. The highest BCUT2D eigenvalue weighted by atomic mass is 32.2. The maximum Gasteiger partial charge on any atom is 0.251 e. The van der Waals surface area contributed by atoms with Gasteiger partial charge in [-0.25, -0.2) is 9.97 Å². The number of nitrogens with one attached hydrogen (secondary N) is 1. The van der Waals surface area contributed by atoms with Crippen molar-refractivity contribution in [2.24, 2.45) is 5.92 Å². The quantitative estimate of drug-likeness (QED) is 0.259. The summed E-state index contributed by atoms with van der Waals surface area (Å²) in [5.41, 5.74) is 5.00. The fourth-order valence-electron chi connectivity index (χ4n) is 4.07. The molecule has 1 aromatic heterocycles. The second-order valence-corrected chi connectivity index (χ2v) is 10.5. The average molecular weight is 521 g/mol. The van der Waals surface area contributed by atoms with E-state index in [0.717, 1.165) is 58.8 Å². The molecule has 1 heterocycles. The summed E-state index contributed by atoms with van der Waals surface area (Å²) >= 11 is 1.59. The first kappa shape index (κ1) is 26.8. The lowest BCUT2D eigenvalue weighted by Gasteiger charge is -2.22. The fourth-order valence-corrected chi connectivity index (χ4v) is 4.90. The normalized spacial score (nSPS) is 12.8. The van der Waals surface area contributed by atoms with Crippen molar-refractivity contribution < 1.29 is 14.3 Å². The third-order valence-electron chi connectivity index (χ3n) is 6.69. The first-order chi connectivity index (χ1) is 17.9. The number of anilines is 1. The van der Waals surface area contributed by atoms with Gasteiger partial charge in [0.2, 0.25) is 0 Å². The van der Waals surface area contributed by atoms with Crippen molar-refractivity contribution in [3.63, 3.8) is 0 Å². The number of likely N-dealkylation sites (N-methyl/N-ethyl adjacent to an activating group) is 1. The number of hydrogen-bond donors (Lipinski definition) is 1. The topological polar surface area (TPSA) is 76.6 Å². The van der Waals surface area contributed by atoms with Crippen LogP contribution in [0.1, 0.15) is 45.6 Å². The third-order valence-corrected chi connectivity index (χ3v) is 7.61. The molecular formula is C29H36N4O3S. The smallest absolute Gasteiger partial charge is 0.251 e. The van der Waals surface area contributed by atoms with Crippen LogP contribution in [-0.4, -0.2) is 50.2 Å². The number of nitrogens with zero attached hydrogens (tertiary/aromatic N) is 3. The van der Waals surface area contributed by atoms with Gasteiger partial charge in [0.25, 0.3) is 5.91 Å². The molecule has 0 aliphatic heterocycles. The van der Waals surface area contributed by atoms with E-state index in [9.17, 15) is 4.79 Å². The van der Waals surface area contributed by atoms with E-state index >= 15 is 0 Å². The second kappa shape index (κ2) is 12.3. The number of benzene rings is 2. The number of aryl methyl sites for hydroxylation is 1. The van der Waals surface area contributed by atoms with Crippen LogP contribution in [0.25, 0.3) is 0 Å². The van der Waals surface area contributed by atoms with Gasteiger partial charge in [-0.3, -0.25) is 4.79 Å². The first-order valence-electron chi connectivity index (χ1n) is 12.6. The van der Waals surface area contributed by atoms with Crippen molar-refractivity contribution >= 4 is 23.5 Å². The number of amides is 1. The molecule has 2 aromatic carbocycles. The molecule has 0 unspecified atom stereocenters. The number of carbonyl (C=O) groups is 1. The maximum absolute atomic E-state index is 12.5. The monoisotopic (exact) mass is 520 g/mol. The molecular weight excluding hydrogens is 484 g/mol. The molecule has 1 aliphatic carbocycles. The van der Waals surface area contributed by atoms with Gasteiger partial charge in [-0.05, 0) is 74.4 Å². The highest BCUT2D eigenvalue weighted by Crippen LogP contribution is 2.29.